The van der Waals surface area contributed by atoms with Gasteiger partial charge in [0.15, 0.2) is 12.6 Å². The number of carbonyl (C=O) groups excluding carboxylic acids is 1. The van der Waals surface area contributed by atoms with Crippen molar-refractivity contribution in [1.29, 1.82) is 0 Å². The Kier molecular flexibility index (Phi) is 6.51. The van der Waals surface area contributed by atoms with Gasteiger partial charge in [-0.05, 0) is 6.92 Å². The van der Waals surface area contributed by atoms with Crippen molar-refractivity contribution in [3.05, 3.63) is 12.2 Å². The fourth-order valence-corrected chi connectivity index (χ4v) is 2.78. The van der Waals surface area contributed by atoms with Gasteiger partial charge in [0, 0.05) is 16.4 Å². The monoisotopic (exact) mass is 372 g/mol. The van der Waals surface area contributed by atoms with Crippen LogP contribution in [0.15, 0.2) is 12.2 Å². The zero-order chi connectivity index (χ0) is 19.6. The normalized spacial score (nSPS) is 30.2. The van der Waals surface area contributed by atoms with E-state index in [0.29, 0.717) is 32.0 Å². The van der Waals surface area contributed by atoms with Crippen LogP contribution in [0.2, 0.25) is 0 Å². The molecule has 7 heteroatoms. The van der Waals surface area contributed by atoms with E-state index in [2.05, 4.69) is 6.58 Å². The van der Waals surface area contributed by atoms with Crippen LogP contribution < -0.4 is 0 Å². The molecule has 2 heterocycles. The van der Waals surface area contributed by atoms with Gasteiger partial charge >= 0.3 is 5.97 Å². The Morgan fingerprint density at radius 2 is 1.46 bits per heavy atom. The van der Waals surface area contributed by atoms with Crippen molar-refractivity contribution in [3.63, 3.8) is 0 Å². The summed E-state index contributed by atoms with van der Waals surface area (Å²) in [7, 11) is 0. The van der Waals surface area contributed by atoms with Crippen LogP contribution in [0.1, 0.15) is 34.6 Å². The average Bonchev–Trinajstić information content (AvgIpc) is 2.60. The SMILES string of the molecule is C=C(C)C(=O)OCC(C)(C)C1OCC2(COC(C(C)(C)CO)OC2)CO1. The number of esters is 1. The van der Waals surface area contributed by atoms with E-state index in [1.54, 1.807) is 6.92 Å². The van der Waals surface area contributed by atoms with Crippen molar-refractivity contribution in [2.24, 2.45) is 16.2 Å². The van der Waals surface area contributed by atoms with Gasteiger partial charge in [0.2, 0.25) is 0 Å². The maximum Gasteiger partial charge on any atom is 0.333 e. The first-order valence-corrected chi connectivity index (χ1v) is 8.91. The molecule has 0 saturated carbocycles. The highest BCUT2D eigenvalue weighted by Gasteiger charge is 2.47. The minimum absolute atomic E-state index is 0.0170. The molecule has 2 saturated heterocycles. The summed E-state index contributed by atoms with van der Waals surface area (Å²) in [5.74, 6) is -0.419. The molecule has 0 radical (unpaired) electrons. The largest absolute Gasteiger partial charge is 0.462 e. The van der Waals surface area contributed by atoms with E-state index in [-0.39, 0.29) is 18.6 Å². The molecular formula is C19H32O7. The maximum absolute atomic E-state index is 11.6. The fourth-order valence-electron chi connectivity index (χ4n) is 2.78. The minimum Gasteiger partial charge on any atom is -0.462 e. The van der Waals surface area contributed by atoms with Gasteiger partial charge in [-0.2, -0.15) is 0 Å². The number of carbonyl (C=O) groups is 1. The summed E-state index contributed by atoms with van der Waals surface area (Å²) in [5.41, 5.74) is -0.953. The van der Waals surface area contributed by atoms with E-state index in [1.165, 1.54) is 0 Å². The zero-order valence-corrected chi connectivity index (χ0v) is 16.5. The van der Waals surface area contributed by atoms with Gasteiger partial charge in [-0.25, -0.2) is 4.79 Å². The summed E-state index contributed by atoms with van der Waals surface area (Å²) < 4.78 is 28.8. The van der Waals surface area contributed by atoms with Crippen molar-refractivity contribution in [2.45, 2.75) is 47.2 Å². The lowest BCUT2D eigenvalue weighted by Crippen LogP contribution is -2.57. The van der Waals surface area contributed by atoms with E-state index < -0.39 is 29.4 Å². The van der Waals surface area contributed by atoms with Crippen LogP contribution in [0.4, 0.5) is 0 Å². The summed E-state index contributed by atoms with van der Waals surface area (Å²) in [6, 6.07) is 0. The molecule has 2 aliphatic heterocycles. The van der Waals surface area contributed by atoms with Crippen molar-refractivity contribution in [1.82, 2.24) is 0 Å². The smallest absolute Gasteiger partial charge is 0.333 e. The second kappa shape index (κ2) is 7.94. The molecule has 0 amide bonds. The van der Waals surface area contributed by atoms with Crippen molar-refractivity contribution in [2.75, 3.05) is 39.6 Å². The Balaban J connectivity index is 1.85. The maximum atomic E-state index is 11.6. The van der Waals surface area contributed by atoms with Crippen LogP contribution in [0.3, 0.4) is 0 Å². The first-order valence-electron chi connectivity index (χ1n) is 8.91. The number of hydrogen-bond acceptors (Lipinski definition) is 7. The summed E-state index contributed by atoms with van der Waals surface area (Å²) >= 11 is 0. The van der Waals surface area contributed by atoms with Crippen LogP contribution in [-0.2, 0) is 28.5 Å². The van der Waals surface area contributed by atoms with Crippen LogP contribution in [0, 0.1) is 16.2 Å². The van der Waals surface area contributed by atoms with Crippen molar-refractivity contribution >= 4 is 5.97 Å². The van der Waals surface area contributed by atoms with Crippen LogP contribution in [0.25, 0.3) is 0 Å². The third kappa shape index (κ3) is 4.84. The summed E-state index contributed by atoms with van der Waals surface area (Å²) in [6.45, 7) is 14.7. The lowest BCUT2D eigenvalue weighted by atomic mass is 9.86. The highest BCUT2D eigenvalue weighted by molar-refractivity contribution is 5.86. The van der Waals surface area contributed by atoms with Gasteiger partial charge in [0.05, 0.1) is 38.4 Å². The molecule has 0 aromatic heterocycles. The lowest BCUT2D eigenvalue weighted by molar-refractivity contribution is -0.337. The predicted molar refractivity (Wildman–Crippen MR) is 94.2 cm³/mol. The Morgan fingerprint density at radius 3 is 1.85 bits per heavy atom. The molecular weight excluding hydrogens is 340 g/mol. The number of aliphatic hydroxyl groups is 1. The zero-order valence-electron chi connectivity index (χ0n) is 16.5. The third-order valence-corrected chi connectivity index (χ3v) is 4.77. The standard InChI is InChI=1S/C19H32O7/c1-13(2)14(21)22-8-18(5,6)16-25-11-19(12-26-16)9-23-15(24-10-19)17(3,4)7-20/h15-16,20H,1,7-12H2,2-6H3. The average molecular weight is 372 g/mol. The lowest BCUT2D eigenvalue weighted by Gasteiger charge is -2.48. The molecule has 0 bridgehead atoms. The van der Waals surface area contributed by atoms with E-state index >= 15 is 0 Å². The van der Waals surface area contributed by atoms with Gasteiger partial charge in [-0.15, -0.1) is 0 Å². The highest BCUT2D eigenvalue weighted by atomic mass is 16.7. The quantitative estimate of drug-likeness (QED) is 0.563. The van der Waals surface area contributed by atoms with E-state index in [0.717, 1.165) is 0 Å². The number of aliphatic hydroxyl groups excluding tert-OH is 1. The predicted octanol–water partition coefficient (Wildman–Crippen LogP) is 1.88. The summed E-state index contributed by atoms with van der Waals surface area (Å²) in [5, 5.41) is 9.45. The molecule has 1 N–H and O–H groups in total. The second-order valence-corrected chi connectivity index (χ2v) is 8.90. The molecule has 7 nitrogen and oxygen atoms in total. The number of ether oxygens (including phenoxy) is 5. The molecule has 0 aromatic rings. The molecule has 0 unspecified atom stereocenters. The molecule has 150 valence electrons. The molecule has 2 aliphatic rings. The summed E-state index contributed by atoms with van der Waals surface area (Å²) in [6.07, 6.45) is -0.938. The van der Waals surface area contributed by atoms with Gasteiger partial charge in [-0.1, -0.05) is 34.3 Å². The van der Waals surface area contributed by atoms with Crippen molar-refractivity contribution in [3.8, 4) is 0 Å². The van der Waals surface area contributed by atoms with E-state index in [9.17, 15) is 9.90 Å². The van der Waals surface area contributed by atoms with Gasteiger partial charge in [-0.3, -0.25) is 0 Å². The Bertz CT molecular complexity index is 508. The number of hydrogen-bond donors (Lipinski definition) is 1. The van der Waals surface area contributed by atoms with Gasteiger partial charge in [0.1, 0.15) is 6.61 Å². The first-order chi connectivity index (χ1) is 12.0. The van der Waals surface area contributed by atoms with Crippen LogP contribution in [0.5, 0.6) is 0 Å². The molecule has 0 aromatic carbocycles. The topological polar surface area (TPSA) is 83.5 Å². The van der Waals surface area contributed by atoms with Gasteiger partial charge < -0.3 is 28.8 Å². The fraction of sp³-hybridized carbons (Fsp3) is 0.842. The Labute approximate surface area is 155 Å². The van der Waals surface area contributed by atoms with Crippen LogP contribution >= 0.6 is 0 Å². The first kappa shape index (κ1) is 21.3. The van der Waals surface area contributed by atoms with Gasteiger partial charge in [0.25, 0.3) is 0 Å². The summed E-state index contributed by atoms with van der Waals surface area (Å²) in [4.78, 5) is 11.6. The van der Waals surface area contributed by atoms with E-state index in [1.807, 2.05) is 27.7 Å². The second-order valence-electron chi connectivity index (χ2n) is 8.90. The minimum atomic E-state index is -0.496. The molecule has 26 heavy (non-hydrogen) atoms. The van der Waals surface area contributed by atoms with Crippen LogP contribution in [-0.4, -0.2) is 63.3 Å². The number of rotatable bonds is 6. The highest BCUT2D eigenvalue weighted by Crippen LogP contribution is 2.38. The molecule has 2 fully saturated rings. The molecule has 1 spiro atoms. The molecule has 0 aliphatic carbocycles. The Hall–Kier alpha value is -0.990. The molecule has 2 rings (SSSR count). The van der Waals surface area contributed by atoms with E-state index in [4.69, 9.17) is 23.7 Å². The molecule has 0 atom stereocenters. The Morgan fingerprint density at radius 1 is 1.04 bits per heavy atom. The van der Waals surface area contributed by atoms with Crippen molar-refractivity contribution < 1.29 is 33.6 Å². The third-order valence-electron chi connectivity index (χ3n) is 4.77.